The number of aliphatic carboxylic acids is 1. The van der Waals surface area contributed by atoms with E-state index in [0.717, 1.165) is 25.2 Å². The van der Waals surface area contributed by atoms with E-state index in [1.807, 2.05) is 14.0 Å². The van der Waals surface area contributed by atoms with Crippen LogP contribution in [0, 0.1) is 56.7 Å². The maximum atomic E-state index is 13.0. The molecule has 4 saturated carbocycles. The molecule has 38 heavy (non-hydrogen) atoms. The Labute approximate surface area is 230 Å². The van der Waals surface area contributed by atoms with Gasteiger partial charge in [-0.2, -0.15) is 0 Å². The molecule has 5 aliphatic carbocycles. The SMILES string of the molecule is CO[C@@H]1C=C2[C@@H]3[C@H](C)[C@H](C)CC[C@]3(C)CC[C@]2(C)[C@]2(C)CC[C@@H]3[C@](C)(CC[C@H](OC(C)=O)[C@@]3(C)C(=O)O)[C@@H]12. The zero-order valence-electron chi connectivity index (χ0n) is 25.4. The number of allylic oxidation sites excluding steroid dienone is 1. The lowest BCUT2D eigenvalue weighted by molar-refractivity contribution is -0.239. The smallest absolute Gasteiger partial charge is 0.313 e. The first-order chi connectivity index (χ1) is 17.6. The fourth-order valence-corrected chi connectivity index (χ4v) is 11.5. The van der Waals surface area contributed by atoms with Gasteiger partial charge in [0.15, 0.2) is 0 Å². The number of fused-ring (bicyclic) bond motifs is 7. The molecule has 5 nitrogen and oxygen atoms in total. The van der Waals surface area contributed by atoms with Crippen LogP contribution in [0.2, 0.25) is 0 Å². The lowest BCUT2D eigenvalue weighted by Crippen LogP contribution is -2.69. The molecule has 0 saturated heterocycles. The van der Waals surface area contributed by atoms with Crippen LogP contribution < -0.4 is 0 Å². The molecule has 5 aliphatic rings. The molecule has 0 aromatic carbocycles. The number of ether oxygens (including phenoxy) is 2. The number of rotatable bonds is 3. The van der Waals surface area contributed by atoms with Gasteiger partial charge in [0.1, 0.15) is 11.5 Å². The van der Waals surface area contributed by atoms with Crippen LogP contribution in [0.4, 0.5) is 0 Å². The summed E-state index contributed by atoms with van der Waals surface area (Å²) in [6, 6.07) is 0. The van der Waals surface area contributed by atoms with Crippen molar-refractivity contribution in [1.29, 1.82) is 0 Å². The van der Waals surface area contributed by atoms with Crippen molar-refractivity contribution in [1.82, 2.24) is 0 Å². The highest BCUT2D eigenvalue weighted by Gasteiger charge is 2.72. The van der Waals surface area contributed by atoms with Gasteiger partial charge in [0, 0.05) is 20.0 Å². The summed E-state index contributed by atoms with van der Waals surface area (Å²) in [6.45, 7) is 18.1. The molecule has 214 valence electrons. The van der Waals surface area contributed by atoms with Crippen LogP contribution in [0.15, 0.2) is 11.6 Å². The number of carboxylic acid groups (broad SMARTS) is 1. The molecule has 0 bridgehead atoms. The average Bonchev–Trinajstić information content (AvgIpc) is 2.84. The highest BCUT2D eigenvalue weighted by atomic mass is 16.5. The number of hydrogen-bond acceptors (Lipinski definition) is 4. The normalized spacial score (nSPS) is 53.9. The number of methoxy groups -OCH3 is 1. The number of carbonyl (C=O) groups is 2. The molecule has 5 heteroatoms. The third kappa shape index (κ3) is 3.45. The highest BCUT2D eigenvalue weighted by molar-refractivity contribution is 5.77. The van der Waals surface area contributed by atoms with Crippen LogP contribution in [0.25, 0.3) is 0 Å². The Morgan fingerprint density at radius 1 is 0.947 bits per heavy atom. The number of carboxylic acids is 1. The molecule has 1 N–H and O–H groups in total. The van der Waals surface area contributed by atoms with E-state index in [-0.39, 0.29) is 40.2 Å². The molecule has 0 spiro atoms. The van der Waals surface area contributed by atoms with Crippen LogP contribution in [0.3, 0.4) is 0 Å². The summed E-state index contributed by atoms with van der Waals surface area (Å²) in [5, 5.41) is 10.6. The van der Waals surface area contributed by atoms with Crippen LogP contribution in [0.1, 0.15) is 107 Å². The van der Waals surface area contributed by atoms with Gasteiger partial charge in [-0.1, -0.05) is 53.2 Å². The maximum Gasteiger partial charge on any atom is 0.313 e. The Morgan fingerprint density at radius 3 is 2.24 bits per heavy atom. The second-order valence-corrected chi connectivity index (χ2v) is 15.4. The molecule has 0 aromatic rings. The summed E-state index contributed by atoms with van der Waals surface area (Å²) >= 11 is 0. The van der Waals surface area contributed by atoms with Gasteiger partial charge in [0.25, 0.3) is 0 Å². The Bertz CT molecular complexity index is 1030. The molecule has 0 aromatic heterocycles. The van der Waals surface area contributed by atoms with E-state index in [4.69, 9.17) is 9.47 Å². The Hall–Kier alpha value is -1.36. The first kappa shape index (κ1) is 28.2. The van der Waals surface area contributed by atoms with Crippen molar-refractivity contribution in [3.63, 3.8) is 0 Å². The van der Waals surface area contributed by atoms with Crippen molar-refractivity contribution in [2.45, 2.75) is 119 Å². The van der Waals surface area contributed by atoms with E-state index in [1.165, 1.54) is 32.6 Å². The molecule has 4 fully saturated rings. The van der Waals surface area contributed by atoms with Crippen LogP contribution in [-0.4, -0.2) is 36.4 Å². The molecular formula is C33H52O5. The predicted octanol–water partition coefficient (Wildman–Crippen LogP) is 7.29. The molecule has 0 unspecified atom stereocenters. The highest BCUT2D eigenvalue weighted by Crippen LogP contribution is 2.76. The Kier molecular flexibility index (Phi) is 6.54. The summed E-state index contributed by atoms with van der Waals surface area (Å²) in [4.78, 5) is 25.0. The number of hydrogen-bond donors (Lipinski definition) is 1. The minimum absolute atomic E-state index is 0.0123. The molecule has 0 amide bonds. The maximum absolute atomic E-state index is 13.0. The van der Waals surface area contributed by atoms with E-state index in [0.29, 0.717) is 23.7 Å². The predicted molar refractivity (Wildman–Crippen MR) is 148 cm³/mol. The summed E-state index contributed by atoms with van der Waals surface area (Å²) in [5.74, 6) is 0.860. The minimum Gasteiger partial charge on any atom is -0.481 e. The fraction of sp³-hybridized carbons (Fsp3) is 0.879. The first-order valence-corrected chi connectivity index (χ1v) is 15.3. The summed E-state index contributed by atoms with van der Waals surface area (Å²) in [5.41, 5.74) is 0.744. The fourth-order valence-electron chi connectivity index (χ4n) is 11.5. The van der Waals surface area contributed by atoms with E-state index >= 15 is 0 Å². The van der Waals surface area contributed by atoms with Gasteiger partial charge in [0.05, 0.1) is 6.10 Å². The van der Waals surface area contributed by atoms with Crippen molar-refractivity contribution < 1.29 is 24.2 Å². The van der Waals surface area contributed by atoms with Crippen molar-refractivity contribution in [3.05, 3.63) is 11.6 Å². The van der Waals surface area contributed by atoms with Crippen molar-refractivity contribution in [2.24, 2.45) is 56.7 Å². The topological polar surface area (TPSA) is 72.8 Å². The molecular weight excluding hydrogens is 476 g/mol. The molecule has 12 atom stereocenters. The number of esters is 1. The van der Waals surface area contributed by atoms with E-state index in [2.05, 4.69) is 47.6 Å². The molecule has 0 aliphatic heterocycles. The van der Waals surface area contributed by atoms with Gasteiger partial charge in [-0.15, -0.1) is 0 Å². The number of carbonyl (C=O) groups excluding carboxylic acids is 1. The zero-order chi connectivity index (χ0) is 28.1. The zero-order valence-corrected chi connectivity index (χ0v) is 25.4. The van der Waals surface area contributed by atoms with Gasteiger partial charge in [0.2, 0.25) is 0 Å². The van der Waals surface area contributed by atoms with E-state index < -0.39 is 17.5 Å². The van der Waals surface area contributed by atoms with Crippen LogP contribution >= 0.6 is 0 Å². The lowest BCUT2D eigenvalue weighted by Gasteiger charge is -2.72. The van der Waals surface area contributed by atoms with Crippen molar-refractivity contribution in [2.75, 3.05) is 7.11 Å². The van der Waals surface area contributed by atoms with Gasteiger partial charge < -0.3 is 14.6 Å². The monoisotopic (exact) mass is 528 g/mol. The quantitative estimate of drug-likeness (QED) is 0.308. The van der Waals surface area contributed by atoms with Gasteiger partial charge in [-0.3, -0.25) is 9.59 Å². The Balaban J connectivity index is 1.64. The molecule has 0 heterocycles. The van der Waals surface area contributed by atoms with Crippen LogP contribution in [0.5, 0.6) is 0 Å². The summed E-state index contributed by atoms with van der Waals surface area (Å²) in [7, 11) is 1.85. The molecule has 0 radical (unpaired) electrons. The average molecular weight is 529 g/mol. The van der Waals surface area contributed by atoms with Gasteiger partial charge in [-0.25, -0.2) is 0 Å². The Morgan fingerprint density at radius 2 is 1.63 bits per heavy atom. The second kappa shape index (κ2) is 8.82. The van der Waals surface area contributed by atoms with E-state index in [1.54, 1.807) is 5.57 Å². The third-order valence-electron chi connectivity index (χ3n) is 14.0. The van der Waals surface area contributed by atoms with Gasteiger partial charge >= 0.3 is 11.9 Å². The molecule has 5 rings (SSSR count). The van der Waals surface area contributed by atoms with E-state index in [9.17, 15) is 14.7 Å². The third-order valence-corrected chi connectivity index (χ3v) is 14.0. The minimum atomic E-state index is -1.11. The lowest BCUT2D eigenvalue weighted by atomic mass is 9.33. The largest absolute Gasteiger partial charge is 0.481 e. The first-order valence-electron chi connectivity index (χ1n) is 15.3. The van der Waals surface area contributed by atoms with Gasteiger partial charge in [-0.05, 0) is 104 Å². The second-order valence-electron chi connectivity index (χ2n) is 15.4. The van der Waals surface area contributed by atoms with Crippen molar-refractivity contribution >= 4 is 11.9 Å². The summed E-state index contributed by atoms with van der Waals surface area (Å²) < 4.78 is 12.1. The summed E-state index contributed by atoms with van der Waals surface area (Å²) in [6.07, 6.45) is 10.3. The standard InChI is InChI=1S/C33H52O5/c1-19-10-13-29(4)16-17-31(6)22(26(29)20(19)2)18-23(37-9)27-30(5)14-12-25(38-21(3)34)33(8,28(35)36)24(30)11-15-32(27,31)7/h18-20,23-27H,10-17H2,1-9H3,(H,35,36)/t19-,20-,23-,24-,25+,26+,27-,29-,30+,31+,32-,33+/m1/s1. The van der Waals surface area contributed by atoms with Crippen molar-refractivity contribution in [3.8, 4) is 0 Å². The van der Waals surface area contributed by atoms with Crippen LogP contribution in [-0.2, 0) is 19.1 Å².